The highest BCUT2D eigenvalue weighted by Gasteiger charge is 2.11. The Hall–Kier alpha value is -2.83. The van der Waals surface area contributed by atoms with Crippen LogP contribution in [0.2, 0.25) is 10.0 Å². The number of carbonyl (C=O) groups excluding carboxylic acids is 1. The summed E-state index contributed by atoms with van der Waals surface area (Å²) in [6.07, 6.45) is 1.49. The van der Waals surface area contributed by atoms with E-state index < -0.39 is 5.91 Å². The normalized spacial score (nSPS) is 10.3. The number of hydrogen-bond acceptors (Lipinski definition) is 5. The molecule has 1 heterocycles. The highest BCUT2D eigenvalue weighted by molar-refractivity contribution is 6.35. The van der Waals surface area contributed by atoms with Gasteiger partial charge in [0.15, 0.2) is 0 Å². The molecule has 2 aromatic carbocycles. The van der Waals surface area contributed by atoms with E-state index in [-0.39, 0.29) is 11.6 Å². The van der Waals surface area contributed by atoms with E-state index >= 15 is 0 Å². The first-order chi connectivity index (χ1) is 12.5. The number of para-hydroxylation sites is 2. The van der Waals surface area contributed by atoms with Gasteiger partial charge in [0.1, 0.15) is 11.4 Å². The van der Waals surface area contributed by atoms with Crippen LogP contribution in [-0.2, 0) is 0 Å². The number of aromatic nitrogens is 2. The standard InChI is InChI=1S/C18H14Cl2N4O2/c1-26-16-5-3-2-4-14(16)23-18-21-7-6-15(24-18)17(25)22-13-9-11(19)8-12(20)10-13/h2-10H,1H3,(H,22,25)(H,21,23,24). The number of amides is 1. The molecule has 0 aliphatic rings. The number of ether oxygens (including phenoxy) is 1. The Kier molecular flexibility index (Phi) is 5.55. The van der Waals surface area contributed by atoms with Gasteiger partial charge < -0.3 is 15.4 Å². The maximum absolute atomic E-state index is 12.4. The van der Waals surface area contributed by atoms with Crippen LogP contribution in [0.3, 0.4) is 0 Å². The molecule has 1 amide bonds. The first-order valence-electron chi connectivity index (χ1n) is 7.55. The topological polar surface area (TPSA) is 76.1 Å². The molecule has 2 N–H and O–H groups in total. The Balaban J connectivity index is 1.79. The minimum absolute atomic E-state index is 0.188. The van der Waals surface area contributed by atoms with Crippen molar-refractivity contribution in [2.24, 2.45) is 0 Å². The van der Waals surface area contributed by atoms with Gasteiger partial charge >= 0.3 is 0 Å². The Morgan fingerprint density at radius 3 is 2.54 bits per heavy atom. The van der Waals surface area contributed by atoms with Gasteiger partial charge in [0, 0.05) is 21.9 Å². The molecule has 1 aromatic heterocycles. The number of methoxy groups -OCH3 is 1. The van der Waals surface area contributed by atoms with E-state index in [9.17, 15) is 4.79 Å². The Morgan fingerprint density at radius 1 is 1.08 bits per heavy atom. The highest BCUT2D eigenvalue weighted by atomic mass is 35.5. The Labute approximate surface area is 160 Å². The van der Waals surface area contributed by atoms with Gasteiger partial charge in [-0.05, 0) is 36.4 Å². The fourth-order valence-electron chi connectivity index (χ4n) is 2.23. The monoisotopic (exact) mass is 388 g/mol. The van der Waals surface area contributed by atoms with Crippen LogP contribution in [0.1, 0.15) is 10.5 Å². The number of anilines is 3. The maximum Gasteiger partial charge on any atom is 0.274 e. The summed E-state index contributed by atoms with van der Waals surface area (Å²) in [6, 6.07) is 13.6. The molecule has 6 nitrogen and oxygen atoms in total. The predicted molar refractivity (Wildman–Crippen MR) is 103 cm³/mol. The molecule has 26 heavy (non-hydrogen) atoms. The second kappa shape index (κ2) is 8.03. The van der Waals surface area contributed by atoms with Crippen molar-refractivity contribution < 1.29 is 9.53 Å². The van der Waals surface area contributed by atoms with Crippen molar-refractivity contribution in [1.29, 1.82) is 0 Å². The number of nitrogens with zero attached hydrogens (tertiary/aromatic N) is 2. The van der Waals surface area contributed by atoms with Crippen molar-refractivity contribution in [3.8, 4) is 5.75 Å². The summed E-state index contributed by atoms with van der Waals surface area (Å²) < 4.78 is 5.27. The van der Waals surface area contributed by atoms with E-state index in [1.807, 2.05) is 24.3 Å². The van der Waals surface area contributed by atoms with Crippen molar-refractivity contribution in [1.82, 2.24) is 9.97 Å². The lowest BCUT2D eigenvalue weighted by Crippen LogP contribution is -2.14. The molecule has 0 atom stereocenters. The SMILES string of the molecule is COc1ccccc1Nc1nccc(C(=O)Nc2cc(Cl)cc(Cl)c2)n1. The summed E-state index contributed by atoms with van der Waals surface area (Å²) in [4.78, 5) is 20.8. The van der Waals surface area contributed by atoms with Crippen molar-refractivity contribution in [3.05, 3.63) is 70.5 Å². The summed E-state index contributed by atoms with van der Waals surface area (Å²) in [6.45, 7) is 0. The van der Waals surface area contributed by atoms with Crippen LogP contribution in [0, 0.1) is 0 Å². The van der Waals surface area contributed by atoms with E-state index in [2.05, 4.69) is 20.6 Å². The van der Waals surface area contributed by atoms with Crippen LogP contribution in [-0.4, -0.2) is 23.0 Å². The molecule has 0 unspecified atom stereocenters. The number of halogens is 2. The molecule has 8 heteroatoms. The van der Waals surface area contributed by atoms with Crippen molar-refractivity contribution in [2.75, 3.05) is 17.7 Å². The van der Waals surface area contributed by atoms with Gasteiger partial charge in [-0.15, -0.1) is 0 Å². The van der Waals surface area contributed by atoms with Gasteiger partial charge in [-0.25, -0.2) is 9.97 Å². The van der Waals surface area contributed by atoms with Gasteiger partial charge in [-0.1, -0.05) is 35.3 Å². The number of rotatable bonds is 5. The zero-order valence-electron chi connectivity index (χ0n) is 13.7. The van der Waals surface area contributed by atoms with Gasteiger partial charge in [-0.3, -0.25) is 4.79 Å². The summed E-state index contributed by atoms with van der Waals surface area (Å²) in [7, 11) is 1.57. The third kappa shape index (κ3) is 4.41. The predicted octanol–water partition coefficient (Wildman–Crippen LogP) is 4.79. The number of carbonyl (C=O) groups is 1. The highest BCUT2D eigenvalue weighted by Crippen LogP contribution is 2.26. The fourth-order valence-corrected chi connectivity index (χ4v) is 2.76. The molecule has 132 valence electrons. The van der Waals surface area contributed by atoms with Gasteiger partial charge in [0.2, 0.25) is 5.95 Å². The molecule has 3 rings (SSSR count). The fraction of sp³-hybridized carbons (Fsp3) is 0.0556. The third-order valence-corrected chi connectivity index (χ3v) is 3.80. The molecule has 0 aliphatic heterocycles. The third-order valence-electron chi connectivity index (χ3n) is 3.36. The maximum atomic E-state index is 12.4. The van der Waals surface area contributed by atoms with Crippen LogP contribution in [0.15, 0.2) is 54.7 Å². The number of nitrogens with one attached hydrogen (secondary N) is 2. The smallest absolute Gasteiger partial charge is 0.274 e. The first-order valence-corrected chi connectivity index (χ1v) is 8.31. The van der Waals surface area contributed by atoms with Crippen molar-refractivity contribution in [3.63, 3.8) is 0 Å². The van der Waals surface area contributed by atoms with Crippen molar-refractivity contribution in [2.45, 2.75) is 0 Å². The summed E-state index contributed by atoms with van der Waals surface area (Å²) in [5.74, 6) is 0.500. The second-order valence-electron chi connectivity index (χ2n) is 5.20. The molecule has 0 saturated carbocycles. The zero-order chi connectivity index (χ0) is 18.5. The lowest BCUT2D eigenvalue weighted by atomic mass is 10.3. The van der Waals surface area contributed by atoms with Crippen molar-refractivity contribution >= 4 is 46.4 Å². The summed E-state index contributed by atoms with van der Waals surface area (Å²) in [5.41, 5.74) is 1.35. The van der Waals surface area contributed by atoms with Crippen LogP contribution in [0.5, 0.6) is 5.75 Å². The van der Waals surface area contributed by atoms with Crippen LogP contribution >= 0.6 is 23.2 Å². The molecular formula is C18H14Cl2N4O2. The Morgan fingerprint density at radius 2 is 1.81 bits per heavy atom. The number of hydrogen-bond donors (Lipinski definition) is 2. The van der Waals surface area contributed by atoms with Crippen LogP contribution in [0.25, 0.3) is 0 Å². The van der Waals surface area contributed by atoms with E-state index in [4.69, 9.17) is 27.9 Å². The molecule has 0 aliphatic carbocycles. The summed E-state index contributed by atoms with van der Waals surface area (Å²) in [5, 5.41) is 6.58. The molecule has 0 saturated heterocycles. The average Bonchev–Trinajstić information content (AvgIpc) is 2.61. The van der Waals surface area contributed by atoms with Crippen LogP contribution < -0.4 is 15.4 Å². The molecule has 0 fully saturated rings. The van der Waals surface area contributed by atoms with Gasteiger partial charge in [-0.2, -0.15) is 0 Å². The molecular weight excluding hydrogens is 375 g/mol. The molecule has 3 aromatic rings. The lowest BCUT2D eigenvalue weighted by molar-refractivity contribution is 0.102. The molecule has 0 radical (unpaired) electrons. The van der Waals surface area contributed by atoms with Gasteiger partial charge in [0.05, 0.1) is 12.8 Å². The lowest BCUT2D eigenvalue weighted by Gasteiger charge is -2.10. The van der Waals surface area contributed by atoms with Gasteiger partial charge in [0.25, 0.3) is 5.91 Å². The number of benzene rings is 2. The minimum atomic E-state index is -0.409. The zero-order valence-corrected chi connectivity index (χ0v) is 15.2. The van der Waals surface area contributed by atoms with E-state index in [0.29, 0.717) is 27.2 Å². The van der Waals surface area contributed by atoms with E-state index in [1.54, 1.807) is 25.3 Å². The average molecular weight is 389 g/mol. The first kappa shape index (κ1) is 18.0. The van der Waals surface area contributed by atoms with E-state index in [1.165, 1.54) is 12.3 Å². The van der Waals surface area contributed by atoms with E-state index in [0.717, 1.165) is 0 Å². The second-order valence-corrected chi connectivity index (χ2v) is 6.08. The molecule has 0 bridgehead atoms. The summed E-state index contributed by atoms with van der Waals surface area (Å²) >= 11 is 11.9. The minimum Gasteiger partial charge on any atom is -0.495 e. The Bertz CT molecular complexity index is 930. The quantitative estimate of drug-likeness (QED) is 0.656. The van der Waals surface area contributed by atoms with Crippen LogP contribution in [0.4, 0.5) is 17.3 Å². The largest absolute Gasteiger partial charge is 0.495 e. The molecule has 0 spiro atoms.